The van der Waals surface area contributed by atoms with Gasteiger partial charge in [0, 0.05) is 37.1 Å². The Morgan fingerprint density at radius 1 is 1.13 bits per heavy atom. The number of fused-ring (bicyclic) bond motifs is 1. The zero-order chi connectivity index (χ0) is 21.1. The van der Waals surface area contributed by atoms with E-state index >= 15 is 0 Å². The molecule has 1 amide bonds. The fourth-order valence-corrected chi connectivity index (χ4v) is 4.82. The van der Waals surface area contributed by atoms with Crippen LogP contribution in [0.25, 0.3) is 0 Å². The molecule has 156 valence electrons. The number of aryl methyl sites for hydroxylation is 1. The van der Waals surface area contributed by atoms with Crippen LogP contribution in [0.15, 0.2) is 65.8 Å². The second-order valence-corrected chi connectivity index (χ2v) is 9.21. The number of hydrogen-bond donors (Lipinski definition) is 2. The molecule has 2 aromatic carbocycles. The molecule has 0 radical (unpaired) electrons. The zero-order valence-electron chi connectivity index (χ0n) is 16.7. The Kier molecular flexibility index (Phi) is 5.69. The Morgan fingerprint density at radius 2 is 1.90 bits per heavy atom. The van der Waals surface area contributed by atoms with Crippen LogP contribution in [0.5, 0.6) is 0 Å². The van der Waals surface area contributed by atoms with Gasteiger partial charge in [-0.25, -0.2) is 18.1 Å². The summed E-state index contributed by atoms with van der Waals surface area (Å²) in [5.41, 5.74) is 2.65. The highest BCUT2D eigenvalue weighted by atomic mass is 32.2. The van der Waals surface area contributed by atoms with Crippen molar-refractivity contribution in [1.82, 2.24) is 19.6 Å². The lowest BCUT2D eigenvalue weighted by Gasteiger charge is -2.11. The SMILES string of the molecule is Cc1nccn1CCNS(=O)(=O)c1ccc2c(c1)CC(NC(=O)c1ccccc1)C2. The summed E-state index contributed by atoms with van der Waals surface area (Å²) in [4.78, 5) is 16.8. The maximum absolute atomic E-state index is 12.7. The first-order valence-electron chi connectivity index (χ1n) is 9.87. The number of rotatable bonds is 7. The van der Waals surface area contributed by atoms with Gasteiger partial charge in [0.05, 0.1) is 4.90 Å². The van der Waals surface area contributed by atoms with Gasteiger partial charge >= 0.3 is 0 Å². The van der Waals surface area contributed by atoms with E-state index in [4.69, 9.17) is 0 Å². The summed E-state index contributed by atoms with van der Waals surface area (Å²) in [5.74, 6) is 0.730. The quantitative estimate of drug-likeness (QED) is 0.607. The molecule has 0 saturated carbocycles. The molecule has 1 aliphatic rings. The van der Waals surface area contributed by atoms with E-state index in [0.29, 0.717) is 24.9 Å². The minimum atomic E-state index is -3.60. The van der Waals surface area contributed by atoms with Gasteiger partial charge in [0.15, 0.2) is 0 Å². The van der Waals surface area contributed by atoms with Gasteiger partial charge in [-0.2, -0.15) is 0 Å². The second-order valence-electron chi connectivity index (χ2n) is 7.44. The molecule has 0 saturated heterocycles. The fraction of sp³-hybridized carbons (Fsp3) is 0.273. The number of nitrogens with zero attached hydrogens (tertiary/aromatic N) is 2. The van der Waals surface area contributed by atoms with Crippen LogP contribution in [0.4, 0.5) is 0 Å². The van der Waals surface area contributed by atoms with Crippen molar-refractivity contribution in [3.8, 4) is 0 Å². The lowest BCUT2D eigenvalue weighted by molar-refractivity contribution is 0.0938. The normalized spacial score (nSPS) is 15.7. The largest absolute Gasteiger partial charge is 0.349 e. The number of carbonyl (C=O) groups excluding carboxylic acids is 1. The van der Waals surface area contributed by atoms with Crippen molar-refractivity contribution >= 4 is 15.9 Å². The molecular formula is C22H24N4O3S. The molecule has 7 nitrogen and oxygen atoms in total. The summed E-state index contributed by atoms with van der Waals surface area (Å²) in [6.45, 7) is 2.68. The summed E-state index contributed by atoms with van der Waals surface area (Å²) >= 11 is 0. The number of amides is 1. The Morgan fingerprint density at radius 3 is 2.63 bits per heavy atom. The van der Waals surface area contributed by atoms with Crippen LogP contribution in [0, 0.1) is 6.92 Å². The highest BCUT2D eigenvalue weighted by molar-refractivity contribution is 7.89. The number of benzene rings is 2. The molecule has 1 heterocycles. The smallest absolute Gasteiger partial charge is 0.251 e. The van der Waals surface area contributed by atoms with Gasteiger partial charge in [0.1, 0.15) is 5.82 Å². The molecule has 1 aliphatic carbocycles. The van der Waals surface area contributed by atoms with Crippen LogP contribution in [-0.2, 0) is 29.4 Å². The molecule has 0 aliphatic heterocycles. The highest BCUT2D eigenvalue weighted by Crippen LogP contribution is 2.25. The van der Waals surface area contributed by atoms with E-state index in [0.717, 1.165) is 17.0 Å². The van der Waals surface area contributed by atoms with Crippen LogP contribution >= 0.6 is 0 Å². The predicted octanol–water partition coefficient (Wildman–Crippen LogP) is 2.07. The van der Waals surface area contributed by atoms with E-state index in [1.807, 2.05) is 42.0 Å². The number of hydrogen-bond acceptors (Lipinski definition) is 4. The average Bonchev–Trinajstić information content (AvgIpc) is 3.33. The maximum Gasteiger partial charge on any atom is 0.251 e. The van der Waals surface area contributed by atoms with Crippen molar-refractivity contribution in [1.29, 1.82) is 0 Å². The predicted molar refractivity (Wildman–Crippen MR) is 114 cm³/mol. The van der Waals surface area contributed by atoms with Gasteiger partial charge < -0.3 is 9.88 Å². The number of aromatic nitrogens is 2. The van der Waals surface area contributed by atoms with Gasteiger partial charge in [-0.1, -0.05) is 24.3 Å². The maximum atomic E-state index is 12.7. The Labute approximate surface area is 176 Å². The Balaban J connectivity index is 1.38. The molecule has 3 aromatic rings. The molecule has 2 N–H and O–H groups in total. The summed E-state index contributed by atoms with van der Waals surface area (Å²) < 4.78 is 29.9. The summed E-state index contributed by atoms with van der Waals surface area (Å²) in [6, 6.07) is 14.2. The fourth-order valence-electron chi connectivity index (χ4n) is 3.75. The number of nitrogens with one attached hydrogen (secondary N) is 2. The van der Waals surface area contributed by atoms with Crippen molar-refractivity contribution in [3.63, 3.8) is 0 Å². The van der Waals surface area contributed by atoms with Crippen molar-refractivity contribution in [2.24, 2.45) is 0 Å². The molecule has 30 heavy (non-hydrogen) atoms. The van der Waals surface area contributed by atoms with E-state index in [1.54, 1.807) is 30.5 Å². The number of carbonyl (C=O) groups is 1. The topological polar surface area (TPSA) is 93.1 Å². The van der Waals surface area contributed by atoms with Crippen LogP contribution in [-0.4, -0.2) is 36.5 Å². The van der Waals surface area contributed by atoms with Crippen molar-refractivity contribution < 1.29 is 13.2 Å². The molecule has 0 bridgehead atoms. The second kappa shape index (κ2) is 8.41. The van der Waals surface area contributed by atoms with E-state index in [9.17, 15) is 13.2 Å². The van der Waals surface area contributed by atoms with Gasteiger partial charge in [-0.3, -0.25) is 4.79 Å². The van der Waals surface area contributed by atoms with Crippen molar-refractivity contribution in [3.05, 3.63) is 83.4 Å². The van der Waals surface area contributed by atoms with E-state index in [1.165, 1.54) is 0 Å². The third-order valence-electron chi connectivity index (χ3n) is 5.36. The molecule has 1 atom stereocenters. The first kappa shape index (κ1) is 20.3. The van der Waals surface area contributed by atoms with E-state index in [-0.39, 0.29) is 23.4 Å². The third-order valence-corrected chi connectivity index (χ3v) is 6.82. The van der Waals surface area contributed by atoms with Gasteiger partial charge in [-0.15, -0.1) is 0 Å². The van der Waals surface area contributed by atoms with E-state index < -0.39 is 10.0 Å². The number of sulfonamides is 1. The lowest BCUT2D eigenvalue weighted by atomic mass is 10.1. The van der Waals surface area contributed by atoms with Crippen LogP contribution < -0.4 is 10.0 Å². The molecular weight excluding hydrogens is 400 g/mol. The van der Waals surface area contributed by atoms with E-state index in [2.05, 4.69) is 15.0 Å². The van der Waals surface area contributed by atoms with Gasteiger partial charge in [-0.05, 0) is 55.2 Å². The number of imidazole rings is 1. The highest BCUT2D eigenvalue weighted by Gasteiger charge is 2.25. The summed E-state index contributed by atoms with van der Waals surface area (Å²) in [6.07, 6.45) is 4.83. The molecule has 0 fully saturated rings. The van der Waals surface area contributed by atoms with Crippen LogP contribution in [0.1, 0.15) is 27.3 Å². The summed E-state index contributed by atoms with van der Waals surface area (Å²) in [5, 5.41) is 3.04. The monoisotopic (exact) mass is 424 g/mol. The molecule has 0 spiro atoms. The first-order valence-corrected chi connectivity index (χ1v) is 11.4. The van der Waals surface area contributed by atoms with Gasteiger partial charge in [0.25, 0.3) is 5.91 Å². The van der Waals surface area contributed by atoms with Crippen LogP contribution in [0.3, 0.4) is 0 Å². The molecule has 1 aromatic heterocycles. The summed E-state index contributed by atoms with van der Waals surface area (Å²) in [7, 11) is -3.60. The molecule has 4 rings (SSSR count). The Hall–Kier alpha value is -2.97. The van der Waals surface area contributed by atoms with Gasteiger partial charge in [0.2, 0.25) is 10.0 Å². The van der Waals surface area contributed by atoms with Crippen LogP contribution in [0.2, 0.25) is 0 Å². The lowest BCUT2D eigenvalue weighted by Crippen LogP contribution is -2.35. The first-order chi connectivity index (χ1) is 14.4. The molecule has 1 unspecified atom stereocenters. The van der Waals surface area contributed by atoms with Crippen molar-refractivity contribution in [2.75, 3.05) is 6.54 Å². The molecule has 8 heteroatoms. The third kappa shape index (κ3) is 4.44. The zero-order valence-corrected chi connectivity index (χ0v) is 17.5. The average molecular weight is 425 g/mol. The minimum absolute atomic E-state index is 0.0390. The van der Waals surface area contributed by atoms with Crippen molar-refractivity contribution in [2.45, 2.75) is 37.2 Å². The minimum Gasteiger partial charge on any atom is -0.349 e. The Bertz CT molecular complexity index is 1160. The standard InChI is InChI=1S/C22H24N4O3S/c1-16-23-9-11-26(16)12-10-24-30(28,29)21-8-7-18-13-20(14-19(18)15-21)25-22(27)17-5-3-2-4-6-17/h2-9,11,15,20,24H,10,12-14H2,1H3,(H,25,27).